The molecule has 1 aliphatic carbocycles. The summed E-state index contributed by atoms with van der Waals surface area (Å²) >= 11 is 0. The van der Waals surface area contributed by atoms with Crippen LogP contribution in [0.15, 0.2) is 0 Å². The van der Waals surface area contributed by atoms with E-state index in [2.05, 4.69) is 5.32 Å². The van der Waals surface area contributed by atoms with Crippen LogP contribution in [-0.4, -0.2) is 54.7 Å². The minimum Gasteiger partial charge on any atom is -0.480 e. The molecule has 1 unspecified atom stereocenters. The van der Waals surface area contributed by atoms with Gasteiger partial charge in [-0.2, -0.15) is 0 Å². The van der Waals surface area contributed by atoms with Crippen LogP contribution in [0.5, 0.6) is 0 Å². The molecular weight excluding hydrogens is 268 g/mol. The van der Waals surface area contributed by atoms with E-state index in [9.17, 15) is 13.2 Å². The van der Waals surface area contributed by atoms with Crippen LogP contribution in [0.3, 0.4) is 0 Å². The maximum Gasteiger partial charge on any atom is 0.320 e. The molecule has 0 aromatic heterocycles. The molecule has 19 heavy (non-hydrogen) atoms. The zero-order valence-electron chi connectivity index (χ0n) is 10.8. The lowest BCUT2D eigenvalue weighted by atomic mass is 9.77. The first kappa shape index (κ1) is 13.3. The molecule has 0 amide bonds. The third-order valence-corrected chi connectivity index (χ3v) is 7.15. The Hall–Kier alpha value is -0.660. The van der Waals surface area contributed by atoms with Gasteiger partial charge in [-0.15, -0.1) is 0 Å². The zero-order chi connectivity index (χ0) is 13.7. The number of carboxylic acids is 1. The standard InChI is InChI=1S/C12H20N2O4S/c15-11(16)10-7-12(8-13-10)3-5-14(6-4-12)19(17,18)9-1-2-9/h9-10,13H,1-8H2,(H,15,16). The highest BCUT2D eigenvalue weighted by atomic mass is 32.2. The van der Waals surface area contributed by atoms with Crippen LogP contribution in [0.4, 0.5) is 0 Å². The Morgan fingerprint density at radius 3 is 2.37 bits per heavy atom. The van der Waals surface area contributed by atoms with E-state index in [0.717, 1.165) is 25.7 Å². The van der Waals surface area contributed by atoms with E-state index in [1.165, 1.54) is 0 Å². The van der Waals surface area contributed by atoms with Gasteiger partial charge < -0.3 is 10.4 Å². The summed E-state index contributed by atoms with van der Waals surface area (Å²) < 4.78 is 25.9. The number of carboxylic acid groups (broad SMARTS) is 1. The summed E-state index contributed by atoms with van der Waals surface area (Å²) in [7, 11) is -3.07. The normalized spacial score (nSPS) is 31.7. The topological polar surface area (TPSA) is 86.7 Å². The number of aliphatic carboxylic acids is 1. The number of nitrogens with zero attached hydrogens (tertiary/aromatic N) is 1. The van der Waals surface area contributed by atoms with Crippen molar-refractivity contribution in [1.82, 2.24) is 9.62 Å². The molecule has 3 rings (SSSR count). The van der Waals surface area contributed by atoms with Gasteiger partial charge in [-0.05, 0) is 37.5 Å². The van der Waals surface area contributed by atoms with E-state index in [1.54, 1.807) is 4.31 Å². The predicted molar refractivity (Wildman–Crippen MR) is 69.2 cm³/mol. The molecule has 2 aliphatic heterocycles. The maximum absolute atomic E-state index is 12.1. The van der Waals surface area contributed by atoms with E-state index in [4.69, 9.17) is 5.11 Å². The van der Waals surface area contributed by atoms with Gasteiger partial charge in [-0.3, -0.25) is 4.79 Å². The van der Waals surface area contributed by atoms with Crippen molar-refractivity contribution in [3.63, 3.8) is 0 Å². The van der Waals surface area contributed by atoms with Crippen LogP contribution in [0.25, 0.3) is 0 Å². The lowest BCUT2D eigenvalue weighted by molar-refractivity contribution is -0.139. The Morgan fingerprint density at radius 2 is 1.89 bits per heavy atom. The summed E-state index contributed by atoms with van der Waals surface area (Å²) in [6, 6.07) is -0.466. The van der Waals surface area contributed by atoms with Gasteiger partial charge >= 0.3 is 5.97 Å². The van der Waals surface area contributed by atoms with Crippen molar-refractivity contribution in [2.75, 3.05) is 19.6 Å². The Labute approximate surface area is 113 Å². The van der Waals surface area contributed by atoms with E-state index in [0.29, 0.717) is 26.1 Å². The maximum atomic E-state index is 12.1. The zero-order valence-corrected chi connectivity index (χ0v) is 11.7. The molecule has 0 bridgehead atoms. The van der Waals surface area contributed by atoms with Gasteiger partial charge in [0.05, 0.1) is 5.25 Å². The Bertz CT molecular complexity index is 478. The fourth-order valence-electron chi connectivity index (χ4n) is 3.26. The van der Waals surface area contributed by atoms with Gasteiger partial charge in [0, 0.05) is 19.6 Å². The summed E-state index contributed by atoms with van der Waals surface area (Å²) in [6.07, 6.45) is 3.77. The van der Waals surface area contributed by atoms with Crippen molar-refractivity contribution in [1.29, 1.82) is 0 Å². The van der Waals surface area contributed by atoms with Gasteiger partial charge in [0.25, 0.3) is 0 Å². The second kappa shape index (κ2) is 4.43. The van der Waals surface area contributed by atoms with Crippen LogP contribution in [0.1, 0.15) is 32.1 Å². The average Bonchev–Trinajstić information content (AvgIpc) is 3.14. The number of carbonyl (C=O) groups is 1. The average molecular weight is 288 g/mol. The molecule has 0 radical (unpaired) electrons. The van der Waals surface area contributed by atoms with Gasteiger partial charge in [0.1, 0.15) is 6.04 Å². The molecule has 2 N–H and O–H groups in total. The van der Waals surface area contributed by atoms with Crippen molar-refractivity contribution in [2.24, 2.45) is 5.41 Å². The number of hydrogen-bond donors (Lipinski definition) is 2. The summed E-state index contributed by atoms with van der Waals surface area (Å²) in [5, 5.41) is 11.9. The number of hydrogen-bond acceptors (Lipinski definition) is 4. The third kappa shape index (κ3) is 2.39. The van der Waals surface area contributed by atoms with E-state index < -0.39 is 22.0 Å². The largest absolute Gasteiger partial charge is 0.480 e. The monoisotopic (exact) mass is 288 g/mol. The second-order valence-electron chi connectivity index (χ2n) is 6.12. The van der Waals surface area contributed by atoms with Crippen molar-refractivity contribution in [2.45, 2.75) is 43.4 Å². The van der Waals surface area contributed by atoms with Crippen LogP contribution in [0, 0.1) is 5.41 Å². The van der Waals surface area contributed by atoms with Crippen molar-refractivity contribution in [3.05, 3.63) is 0 Å². The minimum atomic E-state index is -3.07. The lowest BCUT2D eigenvalue weighted by Gasteiger charge is -2.38. The molecule has 2 heterocycles. The van der Waals surface area contributed by atoms with Gasteiger partial charge in [0.2, 0.25) is 10.0 Å². The summed E-state index contributed by atoms with van der Waals surface area (Å²) in [4.78, 5) is 11.0. The van der Waals surface area contributed by atoms with Crippen molar-refractivity contribution < 1.29 is 18.3 Å². The highest BCUT2D eigenvalue weighted by Gasteiger charge is 2.47. The number of sulfonamides is 1. The Kier molecular flexibility index (Phi) is 3.11. The first-order chi connectivity index (χ1) is 8.93. The smallest absolute Gasteiger partial charge is 0.320 e. The molecule has 1 saturated carbocycles. The fraction of sp³-hybridized carbons (Fsp3) is 0.917. The lowest BCUT2D eigenvalue weighted by Crippen LogP contribution is -2.45. The highest BCUT2D eigenvalue weighted by molar-refractivity contribution is 7.90. The second-order valence-corrected chi connectivity index (χ2v) is 8.33. The molecule has 6 nitrogen and oxygen atoms in total. The van der Waals surface area contributed by atoms with Crippen molar-refractivity contribution in [3.8, 4) is 0 Å². The Morgan fingerprint density at radius 1 is 1.26 bits per heavy atom. The summed E-state index contributed by atoms with van der Waals surface area (Å²) in [6.45, 7) is 1.79. The minimum absolute atomic E-state index is 0.0153. The molecule has 1 atom stereocenters. The van der Waals surface area contributed by atoms with Crippen LogP contribution >= 0.6 is 0 Å². The van der Waals surface area contributed by atoms with E-state index in [-0.39, 0.29) is 10.7 Å². The quantitative estimate of drug-likeness (QED) is 0.764. The van der Waals surface area contributed by atoms with Crippen LogP contribution < -0.4 is 5.32 Å². The molecule has 0 aromatic rings. The highest BCUT2D eigenvalue weighted by Crippen LogP contribution is 2.41. The van der Waals surface area contributed by atoms with E-state index in [1.807, 2.05) is 0 Å². The predicted octanol–water partition coefficient (Wildman–Crippen LogP) is 0.00730. The summed E-state index contributed by atoms with van der Waals surface area (Å²) in [5.74, 6) is -0.801. The number of piperidine rings is 1. The third-order valence-electron chi connectivity index (χ3n) is 4.75. The van der Waals surface area contributed by atoms with Crippen LogP contribution in [-0.2, 0) is 14.8 Å². The SMILES string of the molecule is O=C(O)C1CC2(CCN(S(=O)(=O)C3CC3)CC2)CN1. The first-order valence-corrected chi connectivity index (χ1v) is 8.38. The molecule has 0 aromatic carbocycles. The summed E-state index contributed by atoms with van der Waals surface area (Å²) in [5.41, 5.74) is -0.0153. The number of rotatable bonds is 3. The molecule has 3 aliphatic rings. The van der Waals surface area contributed by atoms with Gasteiger partial charge in [-0.1, -0.05) is 0 Å². The van der Waals surface area contributed by atoms with Gasteiger partial charge in [-0.25, -0.2) is 12.7 Å². The van der Waals surface area contributed by atoms with Crippen LogP contribution in [0.2, 0.25) is 0 Å². The van der Waals surface area contributed by atoms with Gasteiger partial charge in [0.15, 0.2) is 0 Å². The molecule has 7 heteroatoms. The molecule has 1 spiro atoms. The Balaban J connectivity index is 1.62. The number of nitrogens with one attached hydrogen (secondary N) is 1. The fourth-order valence-corrected chi connectivity index (χ4v) is 5.11. The first-order valence-electron chi connectivity index (χ1n) is 6.88. The van der Waals surface area contributed by atoms with Crippen molar-refractivity contribution >= 4 is 16.0 Å². The molecule has 2 saturated heterocycles. The molecule has 3 fully saturated rings. The van der Waals surface area contributed by atoms with E-state index >= 15 is 0 Å². The molecule has 108 valence electrons. The molecular formula is C12H20N2O4S.